The van der Waals surface area contributed by atoms with E-state index in [1.54, 1.807) is 0 Å². The van der Waals surface area contributed by atoms with Gasteiger partial charge in [-0.3, -0.25) is 4.79 Å². The molecule has 0 aromatic carbocycles. The van der Waals surface area contributed by atoms with Crippen LogP contribution in [-0.4, -0.2) is 12.5 Å². The number of rotatable bonds is 0. The van der Waals surface area contributed by atoms with E-state index in [2.05, 4.69) is 5.32 Å². The van der Waals surface area contributed by atoms with Gasteiger partial charge in [-0.1, -0.05) is 19.1 Å². The average molecular weight is 125 g/mol. The largest absolute Gasteiger partial charge is 0.352 e. The van der Waals surface area contributed by atoms with Gasteiger partial charge in [0.2, 0.25) is 5.91 Å². The maximum Gasteiger partial charge on any atom is 0.223 e. The molecular weight excluding hydrogens is 114 g/mol. The van der Waals surface area contributed by atoms with Gasteiger partial charge in [-0.05, 0) is 6.42 Å². The summed E-state index contributed by atoms with van der Waals surface area (Å²) in [5, 5.41) is 2.77. The molecule has 0 unspecified atom stereocenters. The van der Waals surface area contributed by atoms with Crippen LogP contribution in [0.3, 0.4) is 0 Å². The molecule has 9 heavy (non-hydrogen) atoms. The van der Waals surface area contributed by atoms with Crippen molar-refractivity contribution < 1.29 is 4.79 Å². The Bertz CT molecular complexity index is 140. The molecule has 0 radical (unpaired) electrons. The highest BCUT2D eigenvalue weighted by atomic mass is 16.1. The maximum atomic E-state index is 10.9. The van der Waals surface area contributed by atoms with Crippen LogP contribution in [0, 0.1) is 5.92 Å². The minimum absolute atomic E-state index is 0.156. The predicted molar refractivity (Wildman–Crippen MR) is 35.9 cm³/mol. The van der Waals surface area contributed by atoms with Crippen LogP contribution in [0.4, 0.5) is 0 Å². The second-order valence-electron chi connectivity index (χ2n) is 2.35. The summed E-state index contributed by atoms with van der Waals surface area (Å²) < 4.78 is 0. The molecule has 1 N–H and O–H groups in total. The van der Waals surface area contributed by atoms with E-state index in [9.17, 15) is 4.79 Å². The molecule has 0 aromatic heterocycles. The van der Waals surface area contributed by atoms with Gasteiger partial charge < -0.3 is 5.32 Å². The molecule has 2 heteroatoms. The third-order valence-electron chi connectivity index (χ3n) is 1.50. The molecule has 0 spiro atoms. The summed E-state index contributed by atoms with van der Waals surface area (Å²) in [6, 6.07) is 0. The number of carbonyl (C=O) groups is 1. The number of allylic oxidation sites excluding steroid dienone is 1. The van der Waals surface area contributed by atoms with Crippen LogP contribution >= 0.6 is 0 Å². The molecule has 1 heterocycles. The maximum absolute atomic E-state index is 10.9. The summed E-state index contributed by atoms with van der Waals surface area (Å²) in [5.41, 5.74) is 0. The lowest BCUT2D eigenvalue weighted by atomic mass is 10.1. The van der Waals surface area contributed by atoms with Crippen molar-refractivity contribution >= 4 is 5.91 Å². The molecular formula is C7H11NO. The Kier molecular flexibility index (Phi) is 1.88. The first kappa shape index (κ1) is 6.33. The number of hydrogen-bond acceptors (Lipinski definition) is 1. The van der Waals surface area contributed by atoms with E-state index in [-0.39, 0.29) is 11.8 Å². The smallest absolute Gasteiger partial charge is 0.223 e. The third kappa shape index (κ3) is 1.56. The van der Waals surface area contributed by atoms with Crippen molar-refractivity contribution in [2.75, 3.05) is 6.54 Å². The fourth-order valence-corrected chi connectivity index (χ4v) is 0.824. The molecule has 2 nitrogen and oxygen atoms in total. The number of amides is 1. The Morgan fingerprint density at radius 3 is 3.22 bits per heavy atom. The van der Waals surface area contributed by atoms with Crippen LogP contribution in [0.25, 0.3) is 0 Å². The topological polar surface area (TPSA) is 29.1 Å². The van der Waals surface area contributed by atoms with Crippen molar-refractivity contribution in [3.8, 4) is 0 Å². The molecule has 0 bridgehead atoms. The van der Waals surface area contributed by atoms with Gasteiger partial charge in [0.05, 0.1) is 0 Å². The Labute approximate surface area is 54.9 Å². The Hall–Kier alpha value is -0.790. The first-order chi connectivity index (χ1) is 4.30. The van der Waals surface area contributed by atoms with Crippen LogP contribution in [0.2, 0.25) is 0 Å². The molecule has 0 saturated carbocycles. The van der Waals surface area contributed by atoms with Gasteiger partial charge in [-0.25, -0.2) is 0 Å². The van der Waals surface area contributed by atoms with Crippen LogP contribution in [0.5, 0.6) is 0 Å². The van der Waals surface area contributed by atoms with Gasteiger partial charge >= 0.3 is 0 Å². The van der Waals surface area contributed by atoms with Crippen molar-refractivity contribution in [3.63, 3.8) is 0 Å². The minimum Gasteiger partial charge on any atom is -0.352 e. The van der Waals surface area contributed by atoms with Gasteiger partial charge in [0.25, 0.3) is 0 Å². The van der Waals surface area contributed by atoms with E-state index in [1.807, 2.05) is 19.1 Å². The first-order valence-electron chi connectivity index (χ1n) is 3.23. The highest BCUT2D eigenvalue weighted by Gasteiger charge is 2.10. The monoisotopic (exact) mass is 125 g/mol. The van der Waals surface area contributed by atoms with Crippen LogP contribution in [0.1, 0.15) is 13.3 Å². The van der Waals surface area contributed by atoms with E-state index in [0.29, 0.717) is 6.54 Å². The summed E-state index contributed by atoms with van der Waals surface area (Å²) in [7, 11) is 0. The lowest BCUT2D eigenvalue weighted by molar-refractivity contribution is -0.124. The van der Waals surface area contributed by atoms with E-state index in [0.717, 1.165) is 6.42 Å². The molecule has 1 aliphatic rings. The molecule has 1 rings (SSSR count). The molecule has 1 aliphatic heterocycles. The summed E-state index contributed by atoms with van der Waals surface area (Å²) in [5.74, 6) is 0.323. The molecule has 1 atom stereocenters. The second-order valence-corrected chi connectivity index (χ2v) is 2.35. The van der Waals surface area contributed by atoms with Crippen LogP contribution in [0.15, 0.2) is 12.2 Å². The molecule has 0 fully saturated rings. The zero-order valence-corrected chi connectivity index (χ0v) is 5.55. The van der Waals surface area contributed by atoms with E-state index >= 15 is 0 Å². The number of hydrogen-bond donors (Lipinski definition) is 1. The number of nitrogens with one attached hydrogen (secondary N) is 1. The van der Waals surface area contributed by atoms with E-state index < -0.39 is 0 Å². The lowest BCUT2D eigenvalue weighted by Crippen LogP contribution is -2.27. The standard InChI is InChI=1S/C7H11NO/c1-6-4-2-3-5-8-7(6)9/h2-3,6H,4-5H2,1H3,(H,8,9)/t6-/m1/s1. The Morgan fingerprint density at radius 1 is 1.67 bits per heavy atom. The van der Waals surface area contributed by atoms with Crippen LogP contribution < -0.4 is 5.32 Å². The van der Waals surface area contributed by atoms with Gasteiger partial charge in [0.15, 0.2) is 0 Å². The van der Waals surface area contributed by atoms with Crippen molar-refractivity contribution in [2.45, 2.75) is 13.3 Å². The molecule has 0 saturated heterocycles. The van der Waals surface area contributed by atoms with Crippen molar-refractivity contribution in [1.29, 1.82) is 0 Å². The first-order valence-corrected chi connectivity index (χ1v) is 3.23. The summed E-state index contributed by atoms with van der Waals surface area (Å²) in [6.45, 7) is 2.63. The normalized spacial score (nSPS) is 27.2. The fourth-order valence-electron chi connectivity index (χ4n) is 0.824. The molecule has 0 aromatic rings. The zero-order chi connectivity index (χ0) is 6.69. The lowest BCUT2D eigenvalue weighted by Gasteiger charge is -2.03. The highest BCUT2D eigenvalue weighted by Crippen LogP contribution is 2.04. The summed E-state index contributed by atoms with van der Waals surface area (Å²) in [4.78, 5) is 10.9. The molecule has 1 amide bonds. The molecule has 50 valence electrons. The van der Waals surface area contributed by atoms with Gasteiger partial charge in [0.1, 0.15) is 0 Å². The summed E-state index contributed by atoms with van der Waals surface area (Å²) >= 11 is 0. The van der Waals surface area contributed by atoms with Crippen molar-refractivity contribution in [2.24, 2.45) is 5.92 Å². The van der Waals surface area contributed by atoms with Crippen molar-refractivity contribution in [3.05, 3.63) is 12.2 Å². The fraction of sp³-hybridized carbons (Fsp3) is 0.571. The molecule has 0 aliphatic carbocycles. The summed E-state index contributed by atoms with van der Waals surface area (Å²) in [6.07, 6.45) is 4.91. The predicted octanol–water partition coefficient (Wildman–Crippen LogP) is 0.699. The third-order valence-corrected chi connectivity index (χ3v) is 1.50. The van der Waals surface area contributed by atoms with E-state index in [1.165, 1.54) is 0 Å². The Morgan fingerprint density at radius 2 is 2.44 bits per heavy atom. The SMILES string of the molecule is C[C@@H]1CC=CCNC1=O. The number of carbonyl (C=O) groups excluding carboxylic acids is 1. The van der Waals surface area contributed by atoms with Crippen LogP contribution in [-0.2, 0) is 4.79 Å². The zero-order valence-electron chi connectivity index (χ0n) is 5.55. The van der Waals surface area contributed by atoms with Crippen molar-refractivity contribution in [1.82, 2.24) is 5.32 Å². The Balaban J connectivity index is 2.52. The quantitative estimate of drug-likeness (QED) is 0.474. The highest BCUT2D eigenvalue weighted by molar-refractivity contribution is 5.78. The van der Waals surface area contributed by atoms with Gasteiger partial charge in [-0.15, -0.1) is 0 Å². The second kappa shape index (κ2) is 2.67. The average Bonchev–Trinajstić information content (AvgIpc) is 1.99. The minimum atomic E-state index is 0.156. The van der Waals surface area contributed by atoms with Gasteiger partial charge in [-0.2, -0.15) is 0 Å². The van der Waals surface area contributed by atoms with E-state index in [4.69, 9.17) is 0 Å². The van der Waals surface area contributed by atoms with Gasteiger partial charge in [0, 0.05) is 12.5 Å².